The lowest BCUT2D eigenvalue weighted by Crippen LogP contribution is -2.22. The Bertz CT molecular complexity index is 1120. The van der Waals surface area contributed by atoms with E-state index in [1.54, 1.807) is 13.3 Å². The Hall–Kier alpha value is -2.89. The van der Waals surface area contributed by atoms with E-state index < -0.39 is 0 Å². The van der Waals surface area contributed by atoms with Crippen LogP contribution in [0.1, 0.15) is 5.56 Å². The molecular weight excluding hydrogens is 372 g/mol. The Balaban J connectivity index is 1.37. The molecule has 0 amide bonds. The maximum atomic E-state index is 6.05. The highest BCUT2D eigenvalue weighted by Gasteiger charge is 2.08. The van der Waals surface area contributed by atoms with Gasteiger partial charge in [-0.3, -0.25) is 9.97 Å². The number of pyridine rings is 2. The predicted octanol–water partition coefficient (Wildman–Crippen LogP) is 4.65. The number of nitrogens with one attached hydrogen (secondary N) is 2. The first-order valence-electron chi connectivity index (χ1n) is 9.16. The van der Waals surface area contributed by atoms with Gasteiger partial charge in [0.1, 0.15) is 5.75 Å². The van der Waals surface area contributed by atoms with Crippen LogP contribution < -0.4 is 15.4 Å². The van der Waals surface area contributed by atoms with Crippen LogP contribution in [0, 0.1) is 0 Å². The first kappa shape index (κ1) is 18.5. The zero-order valence-corrected chi connectivity index (χ0v) is 16.3. The minimum Gasteiger partial charge on any atom is -0.496 e. The zero-order chi connectivity index (χ0) is 19.3. The fraction of sp³-hybridized carbons (Fsp3) is 0.182. The number of para-hydroxylation sites is 1. The summed E-state index contributed by atoms with van der Waals surface area (Å²) in [5.74, 6) is 0.878. The fourth-order valence-electron chi connectivity index (χ4n) is 3.31. The summed E-state index contributed by atoms with van der Waals surface area (Å²) in [5, 5.41) is 9.69. The summed E-state index contributed by atoms with van der Waals surface area (Å²) >= 11 is 6.05. The van der Waals surface area contributed by atoms with Crippen molar-refractivity contribution in [2.24, 2.45) is 0 Å². The van der Waals surface area contributed by atoms with Gasteiger partial charge >= 0.3 is 0 Å². The number of aromatic nitrogens is 2. The van der Waals surface area contributed by atoms with Crippen LogP contribution in [0.4, 0.5) is 5.69 Å². The fourth-order valence-corrected chi connectivity index (χ4v) is 3.47. The van der Waals surface area contributed by atoms with Crippen molar-refractivity contribution in [3.05, 3.63) is 71.5 Å². The lowest BCUT2D eigenvalue weighted by molar-refractivity contribution is 0.412. The van der Waals surface area contributed by atoms with Crippen LogP contribution in [-0.4, -0.2) is 30.2 Å². The molecule has 2 N–H and O–H groups in total. The van der Waals surface area contributed by atoms with E-state index in [0.717, 1.165) is 51.9 Å². The highest BCUT2D eigenvalue weighted by molar-refractivity contribution is 6.31. The van der Waals surface area contributed by atoms with Gasteiger partial charge in [-0.1, -0.05) is 23.7 Å². The highest BCUT2D eigenvalue weighted by atomic mass is 35.5. The van der Waals surface area contributed by atoms with Gasteiger partial charge in [-0.25, -0.2) is 0 Å². The second-order valence-electron chi connectivity index (χ2n) is 6.46. The van der Waals surface area contributed by atoms with E-state index in [-0.39, 0.29) is 0 Å². The standard InChI is InChI=1S/C22H21ClN4O/c1-28-22-15(14-27-19-5-3-2-4-18(19)22)13-24-10-11-26-20-8-9-25-21-12-16(23)6-7-17(20)21/h2-9,12,14,24H,10-11,13H2,1H3,(H,25,26). The molecule has 0 fully saturated rings. The average Bonchev–Trinajstić information content (AvgIpc) is 2.73. The van der Waals surface area contributed by atoms with E-state index in [4.69, 9.17) is 16.3 Å². The smallest absolute Gasteiger partial charge is 0.134 e. The van der Waals surface area contributed by atoms with Crippen molar-refractivity contribution >= 4 is 39.1 Å². The van der Waals surface area contributed by atoms with Crippen LogP contribution >= 0.6 is 11.6 Å². The molecule has 0 aliphatic carbocycles. The van der Waals surface area contributed by atoms with Crippen LogP contribution in [0.2, 0.25) is 5.02 Å². The van der Waals surface area contributed by atoms with Crippen molar-refractivity contribution in [3.63, 3.8) is 0 Å². The van der Waals surface area contributed by atoms with Crippen molar-refractivity contribution in [2.75, 3.05) is 25.5 Å². The van der Waals surface area contributed by atoms with E-state index in [9.17, 15) is 0 Å². The molecule has 0 saturated carbocycles. The summed E-state index contributed by atoms with van der Waals surface area (Å²) in [6.07, 6.45) is 3.67. The first-order valence-corrected chi connectivity index (χ1v) is 9.53. The van der Waals surface area contributed by atoms with Gasteiger partial charge in [-0.05, 0) is 36.4 Å². The Morgan fingerprint density at radius 3 is 2.75 bits per heavy atom. The molecule has 2 aromatic carbocycles. The molecule has 5 nitrogen and oxygen atoms in total. The number of benzene rings is 2. The second-order valence-corrected chi connectivity index (χ2v) is 6.89. The van der Waals surface area contributed by atoms with E-state index in [1.165, 1.54) is 0 Å². The van der Waals surface area contributed by atoms with Crippen molar-refractivity contribution in [2.45, 2.75) is 6.54 Å². The Morgan fingerprint density at radius 2 is 1.86 bits per heavy atom. The number of ether oxygens (including phenoxy) is 1. The molecule has 28 heavy (non-hydrogen) atoms. The molecule has 142 valence electrons. The van der Waals surface area contributed by atoms with Gasteiger partial charge in [-0.2, -0.15) is 0 Å². The van der Waals surface area contributed by atoms with Crippen LogP contribution in [0.25, 0.3) is 21.8 Å². The van der Waals surface area contributed by atoms with Gasteiger partial charge in [0.15, 0.2) is 0 Å². The van der Waals surface area contributed by atoms with E-state index in [1.807, 2.05) is 54.7 Å². The third-order valence-corrected chi connectivity index (χ3v) is 4.88. The van der Waals surface area contributed by atoms with Crippen LogP contribution in [0.5, 0.6) is 5.75 Å². The zero-order valence-electron chi connectivity index (χ0n) is 15.6. The largest absolute Gasteiger partial charge is 0.496 e. The van der Waals surface area contributed by atoms with Gasteiger partial charge in [0.2, 0.25) is 0 Å². The molecule has 0 saturated heterocycles. The van der Waals surface area contributed by atoms with Crippen molar-refractivity contribution in [3.8, 4) is 5.75 Å². The quantitative estimate of drug-likeness (QED) is 0.448. The number of nitrogens with zero attached hydrogens (tertiary/aromatic N) is 2. The maximum Gasteiger partial charge on any atom is 0.134 e. The number of hydrogen-bond donors (Lipinski definition) is 2. The van der Waals surface area contributed by atoms with Gasteiger partial charge in [0, 0.05) is 59.1 Å². The monoisotopic (exact) mass is 392 g/mol. The van der Waals surface area contributed by atoms with Crippen molar-refractivity contribution in [1.29, 1.82) is 0 Å². The summed E-state index contributed by atoms with van der Waals surface area (Å²) in [7, 11) is 1.70. The molecule has 2 heterocycles. The molecule has 0 unspecified atom stereocenters. The molecule has 4 rings (SSSR count). The normalized spacial score (nSPS) is 11.1. The third-order valence-electron chi connectivity index (χ3n) is 4.64. The first-order chi connectivity index (χ1) is 13.8. The molecule has 0 bridgehead atoms. The third kappa shape index (κ3) is 3.86. The van der Waals surface area contributed by atoms with Gasteiger partial charge in [-0.15, -0.1) is 0 Å². The van der Waals surface area contributed by atoms with Crippen LogP contribution in [0.15, 0.2) is 60.9 Å². The summed E-state index contributed by atoms with van der Waals surface area (Å²) in [6.45, 7) is 2.27. The summed E-state index contributed by atoms with van der Waals surface area (Å²) in [5.41, 5.74) is 3.92. The van der Waals surface area contributed by atoms with E-state index in [2.05, 4.69) is 20.6 Å². The van der Waals surface area contributed by atoms with Crippen molar-refractivity contribution in [1.82, 2.24) is 15.3 Å². The molecule has 6 heteroatoms. The molecule has 0 spiro atoms. The Kier molecular flexibility index (Phi) is 5.55. The number of rotatable bonds is 7. The number of fused-ring (bicyclic) bond motifs is 2. The average molecular weight is 393 g/mol. The minimum atomic E-state index is 0.690. The van der Waals surface area contributed by atoms with E-state index >= 15 is 0 Å². The minimum absolute atomic E-state index is 0.690. The molecule has 0 aliphatic rings. The van der Waals surface area contributed by atoms with Gasteiger partial charge < -0.3 is 15.4 Å². The molecule has 4 aromatic rings. The maximum absolute atomic E-state index is 6.05. The van der Waals surface area contributed by atoms with Gasteiger partial charge in [0.05, 0.1) is 18.1 Å². The van der Waals surface area contributed by atoms with E-state index in [0.29, 0.717) is 11.6 Å². The van der Waals surface area contributed by atoms with Gasteiger partial charge in [0.25, 0.3) is 0 Å². The van der Waals surface area contributed by atoms with Crippen LogP contribution in [-0.2, 0) is 6.54 Å². The molecule has 0 aliphatic heterocycles. The Morgan fingerprint density at radius 1 is 0.964 bits per heavy atom. The molecular formula is C22H21ClN4O. The molecule has 2 aromatic heterocycles. The summed E-state index contributed by atoms with van der Waals surface area (Å²) in [4.78, 5) is 8.89. The highest BCUT2D eigenvalue weighted by Crippen LogP contribution is 2.28. The second kappa shape index (κ2) is 8.42. The predicted molar refractivity (Wildman–Crippen MR) is 115 cm³/mol. The number of hydrogen-bond acceptors (Lipinski definition) is 5. The Labute approximate surface area is 168 Å². The number of methoxy groups -OCH3 is 1. The summed E-state index contributed by atoms with van der Waals surface area (Å²) < 4.78 is 5.63. The van der Waals surface area contributed by atoms with Crippen LogP contribution in [0.3, 0.4) is 0 Å². The lowest BCUT2D eigenvalue weighted by Gasteiger charge is -2.13. The number of anilines is 1. The van der Waals surface area contributed by atoms with Crippen molar-refractivity contribution < 1.29 is 4.74 Å². The topological polar surface area (TPSA) is 59.1 Å². The lowest BCUT2D eigenvalue weighted by atomic mass is 10.1. The SMILES string of the molecule is COc1c(CNCCNc2ccnc3cc(Cl)ccc23)cnc2ccccc12. The summed E-state index contributed by atoms with van der Waals surface area (Å²) in [6, 6.07) is 15.7. The molecule has 0 radical (unpaired) electrons. The molecule has 0 atom stereocenters. The number of halogens is 1.